The highest BCUT2D eigenvalue weighted by atomic mass is 16.3. The van der Waals surface area contributed by atoms with Crippen molar-refractivity contribution in [2.24, 2.45) is 0 Å². The molecular formula is C8H12N2O. The van der Waals surface area contributed by atoms with Crippen molar-refractivity contribution < 1.29 is 4.42 Å². The van der Waals surface area contributed by atoms with Crippen molar-refractivity contribution >= 4 is 0 Å². The van der Waals surface area contributed by atoms with Gasteiger partial charge in [-0.1, -0.05) is 6.08 Å². The topological polar surface area (TPSA) is 38.1 Å². The van der Waals surface area contributed by atoms with Gasteiger partial charge in [-0.15, -0.1) is 6.58 Å². The second kappa shape index (κ2) is 3.34. The Bertz CT molecular complexity index is 242. The molecule has 3 nitrogen and oxygen atoms in total. The Morgan fingerprint density at radius 3 is 2.91 bits per heavy atom. The second-order valence-electron chi connectivity index (χ2n) is 2.29. The van der Waals surface area contributed by atoms with E-state index >= 15 is 0 Å². The van der Waals surface area contributed by atoms with Crippen LogP contribution in [0.4, 0.5) is 0 Å². The lowest BCUT2D eigenvalue weighted by molar-refractivity contribution is 0.519. The van der Waals surface area contributed by atoms with Gasteiger partial charge in [-0.05, 0) is 7.05 Å². The summed E-state index contributed by atoms with van der Waals surface area (Å²) in [6.45, 7) is 5.49. The van der Waals surface area contributed by atoms with Crippen LogP contribution in [-0.2, 0) is 0 Å². The number of rotatable bonds is 3. The standard InChI is InChI=1S/C8H12N2O/c1-4-7(9-3)8-5-11-6(2)10-8/h4-5,7,9H,1H2,2-3H3. The van der Waals surface area contributed by atoms with Crippen LogP contribution in [0.3, 0.4) is 0 Å². The van der Waals surface area contributed by atoms with Crippen molar-refractivity contribution in [2.45, 2.75) is 13.0 Å². The Morgan fingerprint density at radius 2 is 2.55 bits per heavy atom. The molecule has 0 aliphatic rings. The van der Waals surface area contributed by atoms with E-state index in [1.54, 1.807) is 12.3 Å². The number of hydrogen-bond donors (Lipinski definition) is 1. The summed E-state index contributed by atoms with van der Waals surface area (Å²) in [6.07, 6.45) is 3.43. The van der Waals surface area contributed by atoms with E-state index in [1.807, 2.05) is 14.0 Å². The first-order valence-corrected chi connectivity index (χ1v) is 3.49. The summed E-state index contributed by atoms with van der Waals surface area (Å²) in [4.78, 5) is 4.15. The third kappa shape index (κ3) is 1.68. The van der Waals surface area contributed by atoms with Crippen molar-refractivity contribution in [3.63, 3.8) is 0 Å². The van der Waals surface area contributed by atoms with Crippen LogP contribution < -0.4 is 5.32 Å². The molecule has 0 saturated heterocycles. The van der Waals surface area contributed by atoms with Crippen molar-refractivity contribution in [3.8, 4) is 0 Å². The lowest BCUT2D eigenvalue weighted by atomic mass is 10.2. The molecule has 1 atom stereocenters. The quantitative estimate of drug-likeness (QED) is 0.666. The molecule has 0 radical (unpaired) electrons. The molecule has 3 heteroatoms. The average Bonchev–Trinajstić information content (AvgIpc) is 2.39. The SMILES string of the molecule is C=CC(NC)c1coc(C)n1. The van der Waals surface area contributed by atoms with E-state index < -0.39 is 0 Å². The summed E-state index contributed by atoms with van der Waals surface area (Å²) >= 11 is 0. The fourth-order valence-corrected chi connectivity index (χ4v) is 0.909. The van der Waals surface area contributed by atoms with Gasteiger partial charge >= 0.3 is 0 Å². The van der Waals surface area contributed by atoms with Gasteiger partial charge in [0.25, 0.3) is 0 Å². The van der Waals surface area contributed by atoms with E-state index in [0.717, 1.165) is 5.69 Å². The minimum Gasteiger partial charge on any atom is -0.449 e. The number of nitrogens with zero attached hydrogens (tertiary/aromatic N) is 1. The molecule has 1 N–H and O–H groups in total. The van der Waals surface area contributed by atoms with Gasteiger partial charge in [-0.3, -0.25) is 0 Å². The van der Waals surface area contributed by atoms with E-state index in [4.69, 9.17) is 4.42 Å². The first-order chi connectivity index (χ1) is 5.27. The number of hydrogen-bond acceptors (Lipinski definition) is 3. The smallest absolute Gasteiger partial charge is 0.191 e. The molecule has 0 aliphatic carbocycles. The van der Waals surface area contributed by atoms with Gasteiger partial charge in [0.15, 0.2) is 5.89 Å². The first kappa shape index (κ1) is 8.01. The molecule has 0 spiro atoms. The number of aryl methyl sites for hydroxylation is 1. The fraction of sp³-hybridized carbons (Fsp3) is 0.375. The summed E-state index contributed by atoms with van der Waals surface area (Å²) < 4.78 is 5.05. The third-order valence-electron chi connectivity index (χ3n) is 1.50. The Hall–Kier alpha value is -1.09. The van der Waals surface area contributed by atoms with Gasteiger partial charge in [-0.2, -0.15) is 0 Å². The minimum atomic E-state index is 0.0902. The zero-order valence-electron chi connectivity index (χ0n) is 6.79. The average molecular weight is 152 g/mol. The minimum absolute atomic E-state index is 0.0902. The molecule has 0 saturated carbocycles. The number of aromatic nitrogens is 1. The van der Waals surface area contributed by atoms with Crippen LogP contribution in [0.25, 0.3) is 0 Å². The Kier molecular flexibility index (Phi) is 2.44. The molecule has 0 aliphatic heterocycles. The molecule has 1 unspecified atom stereocenters. The summed E-state index contributed by atoms with van der Waals surface area (Å²) in [5.41, 5.74) is 0.875. The zero-order chi connectivity index (χ0) is 8.27. The lowest BCUT2D eigenvalue weighted by Crippen LogP contribution is -2.13. The van der Waals surface area contributed by atoms with E-state index in [0.29, 0.717) is 5.89 Å². The van der Waals surface area contributed by atoms with Crippen LogP contribution in [0.1, 0.15) is 17.6 Å². The Morgan fingerprint density at radius 1 is 1.82 bits per heavy atom. The Balaban J connectivity index is 2.81. The maximum Gasteiger partial charge on any atom is 0.191 e. The fourth-order valence-electron chi connectivity index (χ4n) is 0.909. The molecule has 1 rings (SSSR count). The van der Waals surface area contributed by atoms with Crippen molar-refractivity contribution in [1.29, 1.82) is 0 Å². The van der Waals surface area contributed by atoms with Crippen LogP contribution in [-0.4, -0.2) is 12.0 Å². The van der Waals surface area contributed by atoms with E-state index in [-0.39, 0.29) is 6.04 Å². The number of oxazole rings is 1. The molecule has 1 aromatic heterocycles. The summed E-state index contributed by atoms with van der Waals surface area (Å²) in [5, 5.41) is 3.04. The molecular weight excluding hydrogens is 140 g/mol. The molecule has 11 heavy (non-hydrogen) atoms. The molecule has 1 aromatic rings. The van der Waals surface area contributed by atoms with Gasteiger partial charge in [0, 0.05) is 6.92 Å². The highest BCUT2D eigenvalue weighted by molar-refractivity contribution is 5.08. The number of nitrogens with one attached hydrogen (secondary N) is 1. The van der Waals surface area contributed by atoms with Crippen LogP contribution in [0.15, 0.2) is 23.3 Å². The first-order valence-electron chi connectivity index (χ1n) is 3.49. The molecule has 60 valence electrons. The van der Waals surface area contributed by atoms with Gasteiger partial charge in [-0.25, -0.2) is 4.98 Å². The summed E-state index contributed by atoms with van der Waals surface area (Å²) in [6, 6.07) is 0.0902. The zero-order valence-corrected chi connectivity index (χ0v) is 6.79. The maximum atomic E-state index is 5.05. The van der Waals surface area contributed by atoms with Gasteiger partial charge in [0.2, 0.25) is 0 Å². The molecule has 1 heterocycles. The largest absolute Gasteiger partial charge is 0.449 e. The van der Waals surface area contributed by atoms with Crippen molar-refractivity contribution in [3.05, 3.63) is 30.5 Å². The predicted octanol–water partition coefficient (Wildman–Crippen LogP) is 1.43. The van der Waals surface area contributed by atoms with Gasteiger partial charge in [0.05, 0.1) is 6.04 Å². The molecule has 0 bridgehead atoms. The highest BCUT2D eigenvalue weighted by Crippen LogP contribution is 2.11. The van der Waals surface area contributed by atoms with Crippen molar-refractivity contribution in [2.75, 3.05) is 7.05 Å². The van der Waals surface area contributed by atoms with Crippen molar-refractivity contribution in [1.82, 2.24) is 10.3 Å². The predicted molar refractivity (Wildman–Crippen MR) is 43.2 cm³/mol. The summed E-state index contributed by atoms with van der Waals surface area (Å²) in [5.74, 6) is 0.683. The van der Waals surface area contributed by atoms with Gasteiger partial charge in [0.1, 0.15) is 12.0 Å². The van der Waals surface area contributed by atoms with E-state index in [9.17, 15) is 0 Å². The maximum absolute atomic E-state index is 5.05. The normalized spacial score (nSPS) is 12.9. The Labute approximate surface area is 66.1 Å². The highest BCUT2D eigenvalue weighted by Gasteiger charge is 2.07. The second-order valence-corrected chi connectivity index (χ2v) is 2.29. The van der Waals surface area contributed by atoms with Gasteiger partial charge < -0.3 is 9.73 Å². The number of likely N-dealkylation sites (N-methyl/N-ethyl adjacent to an activating group) is 1. The molecule has 0 aromatic carbocycles. The molecule has 0 fully saturated rings. The van der Waals surface area contributed by atoms with E-state index in [2.05, 4.69) is 16.9 Å². The lowest BCUT2D eigenvalue weighted by Gasteiger charge is -2.04. The van der Waals surface area contributed by atoms with Crippen LogP contribution >= 0.6 is 0 Å². The van der Waals surface area contributed by atoms with Crippen LogP contribution in [0.5, 0.6) is 0 Å². The third-order valence-corrected chi connectivity index (χ3v) is 1.50. The molecule has 0 amide bonds. The monoisotopic (exact) mass is 152 g/mol. The van der Waals surface area contributed by atoms with Crippen LogP contribution in [0.2, 0.25) is 0 Å². The summed E-state index contributed by atoms with van der Waals surface area (Å²) in [7, 11) is 1.86. The van der Waals surface area contributed by atoms with E-state index in [1.165, 1.54) is 0 Å². The van der Waals surface area contributed by atoms with Crippen LogP contribution in [0, 0.1) is 6.92 Å².